The van der Waals surface area contributed by atoms with Crippen molar-refractivity contribution in [1.82, 2.24) is 5.32 Å². The van der Waals surface area contributed by atoms with Crippen LogP contribution in [-0.4, -0.2) is 18.0 Å². The van der Waals surface area contributed by atoms with E-state index < -0.39 is 4.92 Å². The van der Waals surface area contributed by atoms with Crippen molar-refractivity contribution in [2.75, 3.05) is 18.4 Å². The summed E-state index contributed by atoms with van der Waals surface area (Å²) in [4.78, 5) is 10.3. The predicted molar refractivity (Wildman–Crippen MR) is 118 cm³/mol. The Morgan fingerprint density at radius 3 is 2.38 bits per heavy atom. The Morgan fingerprint density at radius 1 is 0.931 bits per heavy atom. The zero-order chi connectivity index (χ0) is 20.5. The Balaban J connectivity index is 1.39. The molecule has 2 N–H and O–H groups in total. The fraction of sp³-hybridized carbons (Fsp3) is 0.182. The first-order chi connectivity index (χ1) is 14.1. The third kappa shape index (κ3) is 6.58. The summed E-state index contributed by atoms with van der Waals surface area (Å²) in [6.07, 6.45) is 0. The maximum absolute atomic E-state index is 10.7. The van der Waals surface area contributed by atoms with E-state index in [0.29, 0.717) is 6.61 Å². The molecule has 3 aromatic rings. The number of nitro groups is 1. The van der Waals surface area contributed by atoms with E-state index >= 15 is 0 Å². The van der Waals surface area contributed by atoms with Crippen LogP contribution in [0.15, 0.2) is 77.3 Å². The summed E-state index contributed by atoms with van der Waals surface area (Å²) in [5, 5.41) is 17.3. The number of halogens is 1. The molecule has 0 saturated heterocycles. The number of ether oxygens (including phenoxy) is 1. The first kappa shape index (κ1) is 20.8. The summed E-state index contributed by atoms with van der Waals surface area (Å²) < 4.78 is 6.80. The first-order valence-corrected chi connectivity index (χ1v) is 10.1. The quantitative estimate of drug-likeness (QED) is 0.251. The van der Waals surface area contributed by atoms with Crippen LogP contribution >= 0.6 is 15.9 Å². The SMILES string of the molecule is O=[N+]([O-])c1ccc(NCCNCc2ccc(OCc3ccccc3)c(Br)c2)cc1. The molecule has 7 heteroatoms. The first-order valence-electron chi connectivity index (χ1n) is 9.26. The second kappa shape index (κ2) is 10.6. The van der Waals surface area contributed by atoms with Crippen molar-refractivity contribution < 1.29 is 9.66 Å². The van der Waals surface area contributed by atoms with Crippen LogP contribution < -0.4 is 15.4 Å². The minimum atomic E-state index is -0.401. The van der Waals surface area contributed by atoms with Gasteiger partial charge in [0.1, 0.15) is 12.4 Å². The lowest BCUT2D eigenvalue weighted by atomic mass is 10.2. The smallest absolute Gasteiger partial charge is 0.269 e. The van der Waals surface area contributed by atoms with Gasteiger partial charge in [0.25, 0.3) is 5.69 Å². The van der Waals surface area contributed by atoms with Gasteiger partial charge in [0.15, 0.2) is 0 Å². The molecule has 0 unspecified atom stereocenters. The lowest BCUT2D eigenvalue weighted by molar-refractivity contribution is -0.384. The van der Waals surface area contributed by atoms with Gasteiger partial charge in [-0.05, 0) is 51.3 Å². The highest BCUT2D eigenvalue weighted by molar-refractivity contribution is 9.10. The lowest BCUT2D eigenvalue weighted by Gasteiger charge is -2.11. The average Bonchev–Trinajstić information content (AvgIpc) is 2.74. The zero-order valence-electron chi connectivity index (χ0n) is 15.8. The van der Waals surface area contributed by atoms with Gasteiger partial charge in [-0.15, -0.1) is 0 Å². The second-order valence-electron chi connectivity index (χ2n) is 6.45. The molecule has 3 rings (SSSR count). The Kier molecular flexibility index (Phi) is 7.61. The number of non-ortho nitro benzene ring substituents is 1. The van der Waals surface area contributed by atoms with Crippen molar-refractivity contribution in [3.05, 3.63) is 98.5 Å². The molecule has 0 aliphatic heterocycles. The number of benzene rings is 3. The fourth-order valence-electron chi connectivity index (χ4n) is 2.74. The molecule has 0 aliphatic carbocycles. The van der Waals surface area contributed by atoms with Crippen LogP contribution in [0.3, 0.4) is 0 Å². The fourth-order valence-corrected chi connectivity index (χ4v) is 3.28. The number of anilines is 1. The van der Waals surface area contributed by atoms with E-state index in [1.54, 1.807) is 12.1 Å². The maximum atomic E-state index is 10.7. The van der Waals surface area contributed by atoms with E-state index in [0.717, 1.165) is 46.7 Å². The van der Waals surface area contributed by atoms with Crippen LogP contribution in [0.4, 0.5) is 11.4 Å². The van der Waals surface area contributed by atoms with Crippen LogP contribution in [-0.2, 0) is 13.2 Å². The minimum Gasteiger partial charge on any atom is -0.488 e. The lowest BCUT2D eigenvalue weighted by Crippen LogP contribution is -2.21. The Morgan fingerprint density at radius 2 is 1.69 bits per heavy atom. The topological polar surface area (TPSA) is 76.4 Å². The van der Waals surface area contributed by atoms with Gasteiger partial charge in [0.05, 0.1) is 9.40 Å². The van der Waals surface area contributed by atoms with Gasteiger partial charge in [-0.3, -0.25) is 10.1 Å². The third-order valence-electron chi connectivity index (χ3n) is 4.27. The molecule has 150 valence electrons. The molecule has 0 aliphatic rings. The van der Waals surface area contributed by atoms with E-state index in [2.05, 4.69) is 32.6 Å². The predicted octanol–water partition coefficient (Wildman–Crippen LogP) is 5.14. The van der Waals surface area contributed by atoms with Crippen LogP contribution in [0.5, 0.6) is 5.75 Å². The zero-order valence-corrected chi connectivity index (χ0v) is 17.4. The van der Waals surface area contributed by atoms with Gasteiger partial charge in [-0.2, -0.15) is 0 Å². The normalized spacial score (nSPS) is 10.5. The molecule has 0 radical (unpaired) electrons. The third-order valence-corrected chi connectivity index (χ3v) is 4.89. The van der Waals surface area contributed by atoms with E-state index in [9.17, 15) is 10.1 Å². The van der Waals surface area contributed by atoms with Gasteiger partial charge >= 0.3 is 0 Å². The molecule has 0 fully saturated rings. The van der Waals surface area contributed by atoms with Gasteiger partial charge in [0.2, 0.25) is 0 Å². The molecule has 0 saturated carbocycles. The van der Waals surface area contributed by atoms with Gasteiger partial charge in [-0.25, -0.2) is 0 Å². The molecule has 29 heavy (non-hydrogen) atoms. The van der Waals surface area contributed by atoms with Crippen molar-refractivity contribution in [1.29, 1.82) is 0 Å². The highest BCUT2D eigenvalue weighted by Crippen LogP contribution is 2.26. The minimum absolute atomic E-state index is 0.0930. The molecular weight excluding hydrogens is 434 g/mol. The Bertz CT molecular complexity index is 934. The van der Waals surface area contributed by atoms with Gasteiger partial charge in [0, 0.05) is 37.5 Å². The van der Waals surface area contributed by atoms with Crippen LogP contribution in [0.25, 0.3) is 0 Å². The van der Waals surface area contributed by atoms with Crippen molar-refractivity contribution in [2.24, 2.45) is 0 Å². The molecule has 6 nitrogen and oxygen atoms in total. The number of rotatable bonds is 10. The van der Waals surface area contributed by atoms with Crippen molar-refractivity contribution >= 4 is 27.3 Å². The van der Waals surface area contributed by atoms with Crippen LogP contribution in [0.2, 0.25) is 0 Å². The molecular formula is C22H22BrN3O3. The van der Waals surface area contributed by atoms with E-state index in [1.165, 1.54) is 12.1 Å². The highest BCUT2D eigenvalue weighted by atomic mass is 79.9. The van der Waals surface area contributed by atoms with E-state index in [1.807, 2.05) is 42.5 Å². The Hall–Kier alpha value is -2.90. The molecule has 0 atom stereocenters. The highest BCUT2D eigenvalue weighted by Gasteiger charge is 2.05. The Labute approximate surface area is 178 Å². The molecule has 0 heterocycles. The monoisotopic (exact) mass is 455 g/mol. The van der Waals surface area contributed by atoms with E-state index in [4.69, 9.17) is 4.74 Å². The van der Waals surface area contributed by atoms with Gasteiger partial charge in [-0.1, -0.05) is 36.4 Å². The van der Waals surface area contributed by atoms with Crippen molar-refractivity contribution in [3.8, 4) is 5.75 Å². The van der Waals surface area contributed by atoms with Gasteiger partial charge < -0.3 is 15.4 Å². The average molecular weight is 456 g/mol. The summed E-state index contributed by atoms with van der Waals surface area (Å²) in [5.74, 6) is 0.817. The standard InChI is InChI=1S/C22H22BrN3O3/c23-21-14-18(6-11-22(21)29-16-17-4-2-1-3-5-17)15-24-12-13-25-19-7-9-20(10-8-19)26(27)28/h1-11,14,24-25H,12-13,15-16H2. The number of hydrogen-bond donors (Lipinski definition) is 2. The number of nitro benzene ring substituents is 1. The summed E-state index contributed by atoms with van der Waals surface area (Å²) >= 11 is 3.58. The second-order valence-corrected chi connectivity index (χ2v) is 7.30. The summed E-state index contributed by atoms with van der Waals surface area (Å²) in [7, 11) is 0. The summed E-state index contributed by atoms with van der Waals surface area (Å²) in [6, 6.07) is 22.5. The summed E-state index contributed by atoms with van der Waals surface area (Å²) in [6.45, 7) is 2.75. The van der Waals surface area contributed by atoms with Crippen LogP contribution in [0, 0.1) is 10.1 Å². The summed E-state index contributed by atoms with van der Waals surface area (Å²) in [5.41, 5.74) is 3.24. The van der Waals surface area contributed by atoms with Crippen molar-refractivity contribution in [3.63, 3.8) is 0 Å². The van der Waals surface area contributed by atoms with Crippen molar-refractivity contribution in [2.45, 2.75) is 13.2 Å². The number of hydrogen-bond acceptors (Lipinski definition) is 5. The van der Waals surface area contributed by atoms with E-state index in [-0.39, 0.29) is 5.69 Å². The number of nitrogens with zero attached hydrogens (tertiary/aromatic N) is 1. The molecule has 0 amide bonds. The molecule has 3 aromatic carbocycles. The molecule has 0 aromatic heterocycles. The largest absolute Gasteiger partial charge is 0.488 e. The molecule has 0 bridgehead atoms. The number of nitrogens with one attached hydrogen (secondary N) is 2. The van der Waals surface area contributed by atoms with Crippen LogP contribution in [0.1, 0.15) is 11.1 Å². The maximum Gasteiger partial charge on any atom is 0.269 e. The molecule has 0 spiro atoms.